The van der Waals surface area contributed by atoms with Gasteiger partial charge in [0.25, 0.3) is 0 Å². The molecular weight excluding hydrogens is 332 g/mol. The van der Waals surface area contributed by atoms with E-state index in [1.807, 2.05) is 0 Å². The summed E-state index contributed by atoms with van der Waals surface area (Å²) in [6, 6.07) is 0. The van der Waals surface area contributed by atoms with Crippen LogP contribution >= 0.6 is 0 Å². The summed E-state index contributed by atoms with van der Waals surface area (Å²) >= 11 is 0. The Bertz CT molecular complexity index is 532. The lowest BCUT2D eigenvalue weighted by Gasteiger charge is -2.64. The van der Waals surface area contributed by atoms with E-state index in [4.69, 9.17) is 0 Å². The Balaban J connectivity index is 1.67. The van der Waals surface area contributed by atoms with Gasteiger partial charge in [-0.15, -0.1) is 0 Å². The first-order valence-electron chi connectivity index (χ1n) is 12.2. The highest BCUT2D eigenvalue weighted by molar-refractivity contribution is 5.13. The second-order valence-electron chi connectivity index (χ2n) is 11.4. The van der Waals surface area contributed by atoms with Gasteiger partial charge in [0.2, 0.25) is 0 Å². The van der Waals surface area contributed by atoms with Gasteiger partial charge >= 0.3 is 0 Å². The number of aliphatic hydroxyl groups is 2. The maximum absolute atomic E-state index is 11.7. The van der Waals surface area contributed by atoms with E-state index in [1.54, 1.807) is 0 Å². The molecule has 4 aliphatic carbocycles. The molecule has 0 aliphatic heterocycles. The number of hydrogen-bond donors (Lipinski definition) is 2. The summed E-state index contributed by atoms with van der Waals surface area (Å²) in [6.07, 6.45) is 12.9. The molecule has 2 heteroatoms. The van der Waals surface area contributed by atoms with Crippen LogP contribution in [0.2, 0.25) is 0 Å². The minimum absolute atomic E-state index is 0.0762. The van der Waals surface area contributed by atoms with Gasteiger partial charge in [-0.1, -0.05) is 47.0 Å². The van der Waals surface area contributed by atoms with Gasteiger partial charge in [-0.25, -0.2) is 0 Å². The van der Waals surface area contributed by atoms with Gasteiger partial charge in [-0.2, -0.15) is 0 Å². The number of rotatable bonds is 4. The molecule has 0 aromatic rings. The first-order valence-corrected chi connectivity index (χ1v) is 12.2. The first kappa shape index (κ1) is 20.2. The van der Waals surface area contributed by atoms with Crippen molar-refractivity contribution in [1.29, 1.82) is 0 Å². The summed E-state index contributed by atoms with van der Waals surface area (Å²) in [5, 5.41) is 21.2. The van der Waals surface area contributed by atoms with Gasteiger partial charge in [0.15, 0.2) is 0 Å². The molecule has 4 rings (SSSR count). The van der Waals surface area contributed by atoms with E-state index in [-0.39, 0.29) is 6.10 Å². The van der Waals surface area contributed by atoms with Gasteiger partial charge < -0.3 is 10.2 Å². The fourth-order valence-corrected chi connectivity index (χ4v) is 9.42. The summed E-state index contributed by atoms with van der Waals surface area (Å²) in [5.74, 6) is 4.59. The molecule has 0 spiro atoms. The Morgan fingerprint density at radius 2 is 1.67 bits per heavy atom. The van der Waals surface area contributed by atoms with E-state index in [9.17, 15) is 10.2 Å². The van der Waals surface area contributed by atoms with E-state index < -0.39 is 0 Å². The normalized spacial score (nSPS) is 53.3. The largest absolute Gasteiger partial charge is 0.396 e. The van der Waals surface area contributed by atoms with Crippen LogP contribution in [-0.4, -0.2) is 22.9 Å². The molecule has 10 atom stereocenters. The van der Waals surface area contributed by atoms with Gasteiger partial charge in [0.05, 0.1) is 6.10 Å². The van der Waals surface area contributed by atoms with Gasteiger partial charge in [-0.3, -0.25) is 0 Å². The molecule has 3 unspecified atom stereocenters. The average molecular weight is 377 g/mol. The van der Waals surface area contributed by atoms with E-state index in [2.05, 4.69) is 27.7 Å². The first-order chi connectivity index (χ1) is 12.9. The summed E-state index contributed by atoms with van der Waals surface area (Å²) < 4.78 is 0. The van der Waals surface area contributed by atoms with Crippen LogP contribution in [0.1, 0.15) is 91.9 Å². The molecule has 0 aromatic carbocycles. The zero-order valence-electron chi connectivity index (χ0n) is 18.3. The molecule has 2 nitrogen and oxygen atoms in total. The van der Waals surface area contributed by atoms with Crippen molar-refractivity contribution in [3.63, 3.8) is 0 Å². The lowest BCUT2D eigenvalue weighted by molar-refractivity contribution is -0.194. The van der Waals surface area contributed by atoms with E-state index in [0.29, 0.717) is 41.1 Å². The SMILES string of the molecule is CC[C@H]1[C@@H](O)C2C3CC[C@H]([C@H](C)CCO)[C@@]3(C)CCC2[C@@]2(C)CCCC[C@@H]12. The third-order valence-corrected chi connectivity index (χ3v) is 10.7. The lowest BCUT2D eigenvalue weighted by Crippen LogP contribution is -2.61. The predicted molar refractivity (Wildman–Crippen MR) is 111 cm³/mol. The fourth-order valence-electron chi connectivity index (χ4n) is 9.42. The molecule has 4 saturated carbocycles. The summed E-state index contributed by atoms with van der Waals surface area (Å²) in [5.41, 5.74) is 0.853. The van der Waals surface area contributed by atoms with Crippen molar-refractivity contribution in [3.8, 4) is 0 Å². The average Bonchev–Trinajstić information content (AvgIpc) is 3.00. The predicted octanol–water partition coefficient (Wildman–Crippen LogP) is 5.66. The highest BCUT2D eigenvalue weighted by Gasteiger charge is 2.64. The monoisotopic (exact) mass is 376 g/mol. The van der Waals surface area contributed by atoms with Gasteiger partial charge in [-0.05, 0) is 97.2 Å². The minimum atomic E-state index is -0.0762. The van der Waals surface area contributed by atoms with Crippen LogP contribution in [-0.2, 0) is 0 Å². The second-order valence-corrected chi connectivity index (χ2v) is 11.4. The molecule has 27 heavy (non-hydrogen) atoms. The van der Waals surface area contributed by atoms with Crippen molar-refractivity contribution in [2.24, 2.45) is 52.3 Å². The Morgan fingerprint density at radius 3 is 2.37 bits per heavy atom. The van der Waals surface area contributed by atoms with E-state index >= 15 is 0 Å². The molecule has 0 aromatic heterocycles. The number of fused-ring (bicyclic) bond motifs is 5. The summed E-state index contributed by atoms with van der Waals surface area (Å²) in [4.78, 5) is 0. The Morgan fingerprint density at radius 1 is 0.926 bits per heavy atom. The zero-order valence-corrected chi connectivity index (χ0v) is 18.3. The molecule has 0 radical (unpaired) electrons. The molecule has 4 aliphatic rings. The van der Waals surface area contributed by atoms with Crippen LogP contribution in [0.15, 0.2) is 0 Å². The maximum Gasteiger partial charge on any atom is 0.0605 e. The molecule has 0 saturated heterocycles. The number of hydrogen-bond acceptors (Lipinski definition) is 2. The Labute approximate surface area is 167 Å². The number of aliphatic hydroxyl groups excluding tert-OH is 2. The van der Waals surface area contributed by atoms with Crippen molar-refractivity contribution in [2.45, 2.75) is 98.0 Å². The molecule has 0 heterocycles. The zero-order chi connectivity index (χ0) is 19.4. The van der Waals surface area contributed by atoms with E-state index in [0.717, 1.165) is 30.6 Å². The molecule has 156 valence electrons. The topological polar surface area (TPSA) is 40.5 Å². The van der Waals surface area contributed by atoms with Crippen LogP contribution in [0.4, 0.5) is 0 Å². The molecule has 2 N–H and O–H groups in total. The van der Waals surface area contributed by atoms with Crippen LogP contribution < -0.4 is 0 Å². The van der Waals surface area contributed by atoms with Crippen LogP contribution in [0, 0.1) is 52.3 Å². The van der Waals surface area contributed by atoms with Crippen LogP contribution in [0.25, 0.3) is 0 Å². The second kappa shape index (κ2) is 7.31. The van der Waals surface area contributed by atoms with Crippen molar-refractivity contribution < 1.29 is 10.2 Å². The van der Waals surface area contributed by atoms with Crippen molar-refractivity contribution in [3.05, 3.63) is 0 Å². The Hall–Kier alpha value is -0.0800. The highest BCUT2D eigenvalue weighted by Crippen LogP contribution is 2.69. The molecule has 4 fully saturated rings. The van der Waals surface area contributed by atoms with Crippen LogP contribution in [0.5, 0.6) is 0 Å². The summed E-state index contributed by atoms with van der Waals surface area (Å²) in [7, 11) is 0. The third-order valence-electron chi connectivity index (χ3n) is 10.7. The van der Waals surface area contributed by atoms with Crippen LogP contribution in [0.3, 0.4) is 0 Å². The lowest BCUT2D eigenvalue weighted by atomic mass is 9.41. The molecule has 0 amide bonds. The van der Waals surface area contributed by atoms with Crippen molar-refractivity contribution >= 4 is 0 Å². The standard InChI is InChI=1S/C25H44O2/c1-5-17-19-8-6-7-13-24(19,3)21-11-14-25(4)18(16(2)12-15-26)9-10-20(25)22(21)23(17)27/h16-23,26-27H,5-15H2,1-4H3/t16-,17-,18-,19+,20?,21?,22?,23-,24+,25-/m1/s1. The minimum Gasteiger partial charge on any atom is -0.396 e. The Kier molecular flexibility index (Phi) is 5.47. The molecule has 0 bridgehead atoms. The maximum atomic E-state index is 11.7. The molecular formula is C25H44O2. The highest BCUT2D eigenvalue weighted by atomic mass is 16.3. The van der Waals surface area contributed by atoms with Crippen molar-refractivity contribution in [2.75, 3.05) is 6.61 Å². The summed E-state index contributed by atoms with van der Waals surface area (Å²) in [6.45, 7) is 10.2. The fraction of sp³-hybridized carbons (Fsp3) is 1.00. The smallest absolute Gasteiger partial charge is 0.0605 e. The van der Waals surface area contributed by atoms with Crippen molar-refractivity contribution in [1.82, 2.24) is 0 Å². The third kappa shape index (κ3) is 2.87. The van der Waals surface area contributed by atoms with Gasteiger partial charge in [0, 0.05) is 6.61 Å². The van der Waals surface area contributed by atoms with E-state index in [1.165, 1.54) is 51.4 Å². The van der Waals surface area contributed by atoms with Gasteiger partial charge in [0.1, 0.15) is 0 Å². The quantitative estimate of drug-likeness (QED) is 0.664.